The average Bonchev–Trinajstić information content (AvgIpc) is 3.47. The first-order valence-electron chi connectivity index (χ1n) is 5.99. The summed E-state index contributed by atoms with van der Waals surface area (Å²) in [5.74, 6) is 0. The molecule has 128 valence electrons. The van der Waals surface area contributed by atoms with Crippen LogP contribution < -0.4 is 0 Å². The summed E-state index contributed by atoms with van der Waals surface area (Å²) in [5, 5.41) is 24.8. The van der Waals surface area contributed by atoms with Crippen LogP contribution in [0, 0.1) is 0 Å². The Hall–Kier alpha value is -1.71. The molecule has 0 aliphatic heterocycles. The third kappa shape index (κ3) is 20.3. The SMILES string of the molecule is [Br][Ni][Br].c1cn[nH]c1.c1cn[nH]c1.c1cn[nH]c1.c1cn[nH]c1. The Kier molecular flexibility index (Phi) is 18.8. The van der Waals surface area contributed by atoms with E-state index in [1.165, 1.54) is 10.9 Å². The Labute approximate surface area is 153 Å². The summed E-state index contributed by atoms with van der Waals surface area (Å²) in [4.78, 5) is 0. The molecule has 0 spiro atoms. The Morgan fingerprint density at radius 3 is 0.783 bits per heavy atom. The molecule has 0 fully saturated rings. The van der Waals surface area contributed by atoms with Crippen molar-refractivity contribution < 1.29 is 10.9 Å². The fraction of sp³-hybridized carbons (Fsp3) is 0. The van der Waals surface area contributed by atoms with Gasteiger partial charge < -0.3 is 0 Å². The molecule has 0 radical (unpaired) electrons. The molecule has 0 unspecified atom stereocenters. The molecular formula is C12H16Br2N8Ni. The van der Waals surface area contributed by atoms with Crippen molar-refractivity contribution >= 4 is 28.5 Å². The van der Waals surface area contributed by atoms with Gasteiger partial charge in [0.05, 0.1) is 0 Å². The summed E-state index contributed by atoms with van der Waals surface area (Å²) in [7, 11) is 1.25. The van der Waals surface area contributed by atoms with Crippen molar-refractivity contribution in [3.8, 4) is 0 Å². The summed E-state index contributed by atoms with van der Waals surface area (Å²) in [5.41, 5.74) is 0. The van der Waals surface area contributed by atoms with Crippen molar-refractivity contribution in [2.24, 2.45) is 0 Å². The quantitative estimate of drug-likeness (QED) is 0.283. The second-order valence-electron chi connectivity index (χ2n) is 3.11. The second kappa shape index (κ2) is 20.3. The van der Waals surface area contributed by atoms with E-state index in [0.29, 0.717) is 0 Å². The van der Waals surface area contributed by atoms with Crippen LogP contribution in [0.4, 0.5) is 0 Å². The molecule has 0 aliphatic carbocycles. The molecule has 8 nitrogen and oxygen atoms in total. The van der Waals surface area contributed by atoms with Crippen LogP contribution >= 0.6 is 28.5 Å². The first kappa shape index (κ1) is 21.3. The molecule has 0 amide bonds. The van der Waals surface area contributed by atoms with Crippen molar-refractivity contribution in [2.75, 3.05) is 0 Å². The minimum absolute atomic E-state index is 1.25. The number of hydrogen-bond donors (Lipinski definition) is 4. The van der Waals surface area contributed by atoms with Gasteiger partial charge in [-0.25, -0.2) is 0 Å². The molecule has 4 aromatic rings. The van der Waals surface area contributed by atoms with E-state index < -0.39 is 0 Å². The van der Waals surface area contributed by atoms with Crippen LogP contribution in [-0.2, 0) is 10.9 Å². The van der Waals surface area contributed by atoms with Crippen LogP contribution in [0.15, 0.2) is 73.8 Å². The van der Waals surface area contributed by atoms with E-state index in [1.54, 1.807) is 49.6 Å². The maximum absolute atomic E-state index is 3.60. The number of rotatable bonds is 0. The van der Waals surface area contributed by atoms with Gasteiger partial charge in [0.25, 0.3) is 0 Å². The third-order valence-electron chi connectivity index (χ3n) is 1.62. The van der Waals surface area contributed by atoms with Crippen molar-refractivity contribution in [3.63, 3.8) is 0 Å². The van der Waals surface area contributed by atoms with E-state index in [0.717, 1.165) is 0 Å². The normalized spacial score (nSPS) is 7.91. The topological polar surface area (TPSA) is 115 Å². The number of aromatic amines is 4. The van der Waals surface area contributed by atoms with Crippen LogP contribution in [0.1, 0.15) is 0 Å². The number of aromatic nitrogens is 8. The molecule has 4 rings (SSSR count). The molecule has 4 N–H and O–H groups in total. The first-order chi connectivity index (χ1) is 11.4. The van der Waals surface area contributed by atoms with Gasteiger partial charge in [0.1, 0.15) is 0 Å². The van der Waals surface area contributed by atoms with Gasteiger partial charge in [-0.3, -0.25) is 20.4 Å². The summed E-state index contributed by atoms with van der Waals surface area (Å²) in [6.07, 6.45) is 13.8. The fourth-order valence-electron chi connectivity index (χ4n) is 0.861. The molecule has 0 aliphatic rings. The number of nitrogens with zero attached hydrogens (tertiary/aromatic N) is 4. The molecule has 0 atom stereocenters. The minimum atomic E-state index is 1.25. The standard InChI is InChI=1S/4C3H4N2.2BrH.Ni/c4*1-2-4-5-3-1;;;/h4*1-3H,(H,4,5);2*1H;/q;;;;;;+2/p-2. The van der Waals surface area contributed by atoms with Crippen molar-refractivity contribution in [1.29, 1.82) is 0 Å². The number of hydrogen-bond acceptors (Lipinski definition) is 4. The van der Waals surface area contributed by atoms with E-state index in [2.05, 4.69) is 69.2 Å². The van der Waals surface area contributed by atoms with Crippen LogP contribution in [-0.4, -0.2) is 40.8 Å². The molecule has 0 aromatic carbocycles. The van der Waals surface area contributed by atoms with Crippen LogP contribution in [0.25, 0.3) is 0 Å². The zero-order valence-electron chi connectivity index (χ0n) is 11.8. The van der Waals surface area contributed by atoms with E-state index in [1.807, 2.05) is 24.3 Å². The molecule has 23 heavy (non-hydrogen) atoms. The third-order valence-corrected chi connectivity index (χ3v) is 1.62. The van der Waals surface area contributed by atoms with Crippen molar-refractivity contribution in [1.82, 2.24) is 40.8 Å². The van der Waals surface area contributed by atoms with E-state index in [9.17, 15) is 0 Å². The van der Waals surface area contributed by atoms with Gasteiger partial charge in [0.15, 0.2) is 0 Å². The van der Waals surface area contributed by atoms with Gasteiger partial charge in [-0.15, -0.1) is 0 Å². The zero-order valence-corrected chi connectivity index (χ0v) is 15.9. The van der Waals surface area contributed by atoms with Gasteiger partial charge in [0.2, 0.25) is 0 Å². The minimum Gasteiger partial charge on any atom is -0.286 e. The van der Waals surface area contributed by atoms with Gasteiger partial charge in [-0.05, 0) is 24.3 Å². The molecule has 0 bridgehead atoms. The predicted molar refractivity (Wildman–Crippen MR) is 92.2 cm³/mol. The second-order valence-corrected chi connectivity index (χ2v) is 8.09. The molecule has 11 heteroatoms. The van der Waals surface area contributed by atoms with Gasteiger partial charge in [0, 0.05) is 49.6 Å². The smallest absolute Gasteiger partial charge is 0.0487 e. The maximum Gasteiger partial charge on any atom is 0.0487 e. The largest absolute Gasteiger partial charge is 0.286 e. The Morgan fingerprint density at radius 1 is 0.522 bits per heavy atom. The van der Waals surface area contributed by atoms with Crippen molar-refractivity contribution in [2.45, 2.75) is 0 Å². The number of nitrogens with one attached hydrogen (secondary N) is 4. The van der Waals surface area contributed by atoms with Crippen molar-refractivity contribution in [3.05, 3.63) is 73.8 Å². The van der Waals surface area contributed by atoms with Gasteiger partial charge >= 0.3 is 39.3 Å². The van der Waals surface area contributed by atoms with Crippen LogP contribution in [0.5, 0.6) is 0 Å². The predicted octanol–water partition coefficient (Wildman–Crippen LogP) is 3.33. The van der Waals surface area contributed by atoms with Gasteiger partial charge in [-0.2, -0.15) is 20.4 Å². The van der Waals surface area contributed by atoms with Crippen LogP contribution in [0.3, 0.4) is 0 Å². The summed E-state index contributed by atoms with van der Waals surface area (Å²) in [6, 6.07) is 7.33. The Morgan fingerprint density at radius 2 is 0.739 bits per heavy atom. The first-order valence-corrected chi connectivity index (χ1v) is 10.9. The van der Waals surface area contributed by atoms with Gasteiger partial charge in [-0.1, -0.05) is 0 Å². The molecule has 0 saturated carbocycles. The van der Waals surface area contributed by atoms with Crippen LogP contribution in [0.2, 0.25) is 0 Å². The summed E-state index contributed by atoms with van der Waals surface area (Å²) >= 11 is 6.00. The summed E-state index contributed by atoms with van der Waals surface area (Å²) in [6.45, 7) is 0. The Balaban J connectivity index is 0.000000266. The number of halogens is 2. The summed E-state index contributed by atoms with van der Waals surface area (Å²) < 4.78 is 0. The molecule has 0 saturated heterocycles. The fourth-order valence-corrected chi connectivity index (χ4v) is 0.861. The number of H-pyrrole nitrogens is 4. The van der Waals surface area contributed by atoms with E-state index >= 15 is 0 Å². The maximum atomic E-state index is 3.60. The monoisotopic (exact) mass is 488 g/mol. The molecule has 4 heterocycles. The average molecular weight is 491 g/mol. The Bertz CT molecular complexity index is 380. The van der Waals surface area contributed by atoms with E-state index in [-0.39, 0.29) is 0 Å². The molecule has 4 aromatic heterocycles. The molecular weight excluding hydrogens is 475 g/mol. The zero-order chi connectivity index (χ0) is 16.8. The van der Waals surface area contributed by atoms with E-state index in [4.69, 9.17) is 0 Å².